The Labute approximate surface area is 193 Å². The summed E-state index contributed by atoms with van der Waals surface area (Å²) < 4.78 is 48.1. The second-order valence-electron chi connectivity index (χ2n) is 8.58. The van der Waals surface area contributed by atoms with Gasteiger partial charge in [-0.05, 0) is 55.5 Å². The van der Waals surface area contributed by atoms with E-state index in [9.17, 15) is 23.1 Å². The second kappa shape index (κ2) is 8.43. The lowest BCUT2D eigenvalue weighted by molar-refractivity contribution is -0.137. The van der Waals surface area contributed by atoms with Gasteiger partial charge in [0.25, 0.3) is 5.56 Å². The molecule has 0 bridgehead atoms. The van der Waals surface area contributed by atoms with E-state index in [0.29, 0.717) is 60.6 Å². The zero-order valence-corrected chi connectivity index (χ0v) is 18.5. The van der Waals surface area contributed by atoms with E-state index in [4.69, 9.17) is 4.74 Å². The number of alkyl halides is 3. The van der Waals surface area contributed by atoms with Gasteiger partial charge >= 0.3 is 6.18 Å². The highest BCUT2D eigenvalue weighted by Gasteiger charge is 2.36. The number of rotatable bonds is 4. The van der Waals surface area contributed by atoms with Crippen molar-refractivity contribution in [3.63, 3.8) is 0 Å². The zero-order chi connectivity index (χ0) is 24.0. The van der Waals surface area contributed by atoms with Gasteiger partial charge in [-0.25, -0.2) is 0 Å². The average molecular weight is 472 g/mol. The number of nitrogens with zero attached hydrogens (tertiary/aromatic N) is 4. The molecule has 1 N–H and O–H groups in total. The molecule has 0 amide bonds. The SMILES string of the molecule is COc1cncc(-c2nn(-c3cc(N4CCC(O)C4)ccc3C(F)(F)F)c(=O)c3c2CCC3)c1. The van der Waals surface area contributed by atoms with Gasteiger partial charge in [0.15, 0.2) is 0 Å². The number of pyridine rings is 1. The molecule has 1 aliphatic heterocycles. The number of halogens is 3. The number of aliphatic hydroxyl groups is 1. The Morgan fingerprint density at radius 3 is 2.65 bits per heavy atom. The predicted molar refractivity (Wildman–Crippen MR) is 119 cm³/mol. The Morgan fingerprint density at radius 1 is 1.15 bits per heavy atom. The molecule has 2 aliphatic rings. The molecule has 1 saturated heterocycles. The van der Waals surface area contributed by atoms with Crippen LogP contribution in [-0.4, -0.2) is 46.2 Å². The summed E-state index contributed by atoms with van der Waals surface area (Å²) in [5.74, 6) is 0.481. The van der Waals surface area contributed by atoms with Gasteiger partial charge in [0, 0.05) is 36.1 Å². The van der Waals surface area contributed by atoms with Gasteiger partial charge in [-0.3, -0.25) is 9.78 Å². The van der Waals surface area contributed by atoms with Gasteiger partial charge in [-0.2, -0.15) is 23.0 Å². The van der Waals surface area contributed by atoms with Crippen LogP contribution in [0.2, 0.25) is 0 Å². The summed E-state index contributed by atoms with van der Waals surface area (Å²) in [4.78, 5) is 19.3. The standard InChI is InChI=1S/C24H23F3N4O3/c1-34-17-9-14(11-28-12-17)22-18-3-2-4-19(18)23(33)31(29-22)21-10-15(30-8-7-16(32)13-30)5-6-20(21)24(25,26)27/h5-6,9-12,16,32H,2-4,7-8,13H2,1H3. The molecule has 1 aliphatic carbocycles. The first-order valence-electron chi connectivity index (χ1n) is 11.1. The minimum Gasteiger partial charge on any atom is -0.495 e. The number of aromatic nitrogens is 3. The zero-order valence-electron chi connectivity index (χ0n) is 18.5. The number of β-amino-alcohol motifs (C(OH)–C–C–N with tert-alkyl or cyclic N) is 1. The first-order valence-corrected chi connectivity index (χ1v) is 11.1. The van der Waals surface area contributed by atoms with E-state index in [0.717, 1.165) is 22.7 Å². The maximum Gasteiger partial charge on any atom is 0.418 e. The van der Waals surface area contributed by atoms with Gasteiger partial charge < -0.3 is 14.7 Å². The minimum atomic E-state index is -4.68. The van der Waals surface area contributed by atoms with Crippen molar-refractivity contribution in [2.24, 2.45) is 0 Å². The van der Waals surface area contributed by atoms with Crippen molar-refractivity contribution in [3.05, 3.63) is 63.7 Å². The number of ether oxygens (including phenoxy) is 1. The van der Waals surface area contributed by atoms with E-state index in [1.165, 1.54) is 25.4 Å². The van der Waals surface area contributed by atoms with E-state index in [-0.39, 0.29) is 5.69 Å². The number of methoxy groups -OCH3 is 1. The van der Waals surface area contributed by atoms with E-state index < -0.39 is 23.4 Å². The Hall–Kier alpha value is -3.40. The van der Waals surface area contributed by atoms with Crippen molar-refractivity contribution in [2.45, 2.75) is 38.0 Å². The quantitative estimate of drug-likeness (QED) is 0.627. The molecule has 1 unspecified atom stereocenters. The fourth-order valence-electron chi connectivity index (χ4n) is 4.74. The fourth-order valence-corrected chi connectivity index (χ4v) is 4.74. The summed E-state index contributed by atoms with van der Waals surface area (Å²) in [5, 5.41) is 14.3. The highest BCUT2D eigenvalue weighted by molar-refractivity contribution is 5.66. The third-order valence-corrected chi connectivity index (χ3v) is 6.42. The van der Waals surface area contributed by atoms with Crippen LogP contribution in [0.15, 0.2) is 41.5 Å². The molecule has 7 nitrogen and oxygen atoms in total. The third kappa shape index (κ3) is 3.91. The molecule has 3 aromatic rings. The topological polar surface area (TPSA) is 80.5 Å². The molecule has 34 heavy (non-hydrogen) atoms. The Bertz CT molecular complexity index is 1310. The molecule has 0 saturated carbocycles. The molecule has 1 aromatic carbocycles. The number of anilines is 1. The van der Waals surface area contributed by atoms with E-state index in [2.05, 4.69) is 10.1 Å². The largest absolute Gasteiger partial charge is 0.495 e. The number of hydrogen-bond acceptors (Lipinski definition) is 6. The normalized spacial score (nSPS) is 17.8. The summed E-state index contributed by atoms with van der Waals surface area (Å²) in [6.07, 6.45) is 0.192. The second-order valence-corrected chi connectivity index (χ2v) is 8.58. The predicted octanol–water partition coefficient (Wildman–Crippen LogP) is 3.38. The van der Waals surface area contributed by atoms with Crippen molar-refractivity contribution in [2.75, 3.05) is 25.1 Å². The van der Waals surface area contributed by atoms with Crippen molar-refractivity contribution in [1.29, 1.82) is 0 Å². The van der Waals surface area contributed by atoms with Gasteiger partial charge in [-0.1, -0.05) is 0 Å². The molecule has 2 aromatic heterocycles. The highest BCUT2D eigenvalue weighted by Crippen LogP contribution is 2.37. The molecule has 5 rings (SSSR count). The maximum absolute atomic E-state index is 14.0. The van der Waals surface area contributed by atoms with Crippen molar-refractivity contribution in [1.82, 2.24) is 14.8 Å². The average Bonchev–Trinajstić information content (AvgIpc) is 3.48. The van der Waals surface area contributed by atoms with E-state index in [1.807, 2.05) is 0 Å². The lowest BCUT2D eigenvalue weighted by Gasteiger charge is -2.22. The van der Waals surface area contributed by atoms with Crippen LogP contribution in [0.4, 0.5) is 18.9 Å². The fraction of sp³-hybridized carbons (Fsp3) is 0.375. The molecular formula is C24H23F3N4O3. The van der Waals surface area contributed by atoms with Crippen LogP contribution in [0.5, 0.6) is 5.75 Å². The summed E-state index contributed by atoms with van der Waals surface area (Å²) in [5.41, 5.74) is 0.884. The minimum absolute atomic E-state index is 0.318. The van der Waals surface area contributed by atoms with Crippen LogP contribution in [0, 0.1) is 0 Å². The Morgan fingerprint density at radius 2 is 1.94 bits per heavy atom. The molecule has 1 atom stereocenters. The maximum atomic E-state index is 14.0. The summed E-state index contributed by atoms with van der Waals surface area (Å²) >= 11 is 0. The van der Waals surface area contributed by atoms with Crippen molar-refractivity contribution >= 4 is 5.69 Å². The number of fused-ring (bicyclic) bond motifs is 1. The number of hydrogen-bond donors (Lipinski definition) is 1. The van der Waals surface area contributed by atoms with Gasteiger partial charge in [0.05, 0.1) is 36.4 Å². The summed E-state index contributed by atoms with van der Waals surface area (Å²) in [6.45, 7) is 0.831. The Balaban J connectivity index is 1.74. The number of benzene rings is 1. The van der Waals surface area contributed by atoms with Gasteiger partial charge in [0.1, 0.15) is 5.75 Å². The third-order valence-electron chi connectivity index (χ3n) is 6.42. The van der Waals surface area contributed by atoms with Crippen LogP contribution in [0.1, 0.15) is 29.5 Å². The van der Waals surface area contributed by atoms with Crippen LogP contribution in [0.25, 0.3) is 16.9 Å². The van der Waals surface area contributed by atoms with Crippen LogP contribution in [0.3, 0.4) is 0 Å². The number of aliphatic hydroxyl groups excluding tert-OH is 1. The monoisotopic (exact) mass is 472 g/mol. The Kier molecular flexibility index (Phi) is 5.55. The van der Waals surface area contributed by atoms with Gasteiger partial charge in [0.2, 0.25) is 0 Å². The summed E-state index contributed by atoms with van der Waals surface area (Å²) in [6, 6.07) is 5.39. The smallest absolute Gasteiger partial charge is 0.418 e. The van der Waals surface area contributed by atoms with E-state index in [1.54, 1.807) is 17.2 Å². The molecule has 1 fully saturated rings. The molecule has 0 spiro atoms. The van der Waals surface area contributed by atoms with Crippen molar-refractivity contribution < 1.29 is 23.0 Å². The van der Waals surface area contributed by atoms with Gasteiger partial charge in [-0.15, -0.1) is 0 Å². The first-order chi connectivity index (χ1) is 16.3. The first kappa shape index (κ1) is 22.4. The summed E-state index contributed by atoms with van der Waals surface area (Å²) in [7, 11) is 1.50. The van der Waals surface area contributed by atoms with Crippen LogP contribution < -0.4 is 15.2 Å². The molecule has 178 valence electrons. The van der Waals surface area contributed by atoms with Crippen molar-refractivity contribution in [3.8, 4) is 22.7 Å². The molecule has 3 heterocycles. The molecule has 0 radical (unpaired) electrons. The molecule has 10 heteroatoms. The highest BCUT2D eigenvalue weighted by atomic mass is 19.4. The lowest BCUT2D eigenvalue weighted by Crippen LogP contribution is -2.29. The lowest BCUT2D eigenvalue weighted by atomic mass is 10.0. The van der Waals surface area contributed by atoms with Crippen LogP contribution >= 0.6 is 0 Å². The van der Waals surface area contributed by atoms with Crippen LogP contribution in [-0.2, 0) is 19.0 Å². The molecular weight excluding hydrogens is 449 g/mol. The van der Waals surface area contributed by atoms with E-state index >= 15 is 0 Å².